The van der Waals surface area contributed by atoms with Crippen LogP contribution in [0.25, 0.3) is 0 Å². The Bertz CT molecular complexity index is 414. The molecule has 1 N–H and O–H groups in total. The third-order valence-corrected chi connectivity index (χ3v) is 5.66. The van der Waals surface area contributed by atoms with Gasteiger partial charge in [-0.1, -0.05) is 32.1 Å². The molecule has 2 aliphatic carbocycles. The molecule has 3 nitrogen and oxygen atoms in total. The van der Waals surface area contributed by atoms with E-state index in [2.05, 4.69) is 29.3 Å². The Morgan fingerprint density at radius 1 is 1.14 bits per heavy atom. The van der Waals surface area contributed by atoms with Gasteiger partial charge < -0.3 is 5.32 Å². The summed E-state index contributed by atoms with van der Waals surface area (Å²) in [6, 6.07) is 3.60. The van der Waals surface area contributed by atoms with Crippen LogP contribution in [0.1, 0.15) is 75.9 Å². The van der Waals surface area contributed by atoms with E-state index in [0.717, 1.165) is 12.3 Å². The number of aryl methyl sites for hydroxylation is 1. The van der Waals surface area contributed by atoms with E-state index < -0.39 is 0 Å². The monoisotopic (exact) mass is 289 g/mol. The molecule has 2 saturated carbocycles. The van der Waals surface area contributed by atoms with Gasteiger partial charge in [0, 0.05) is 12.2 Å². The molecule has 118 valence electrons. The van der Waals surface area contributed by atoms with E-state index in [1.807, 2.05) is 0 Å². The predicted molar refractivity (Wildman–Crippen MR) is 87.5 cm³/mol. The maximum atomic E-state index is 4.86. The van der Waals surface area contributed by atoms with Crippen molar-refractivity contribution in [1.82, 2.24) is 15.1 Å². The first kappa shape index (κ1) is 15.1. The number of hydrogen-bond donors (Lipinski definition) is 1. The van der Waals surface area contributed by atoms with Crippen LogP contribution < -0.4 is 5.32 Å². The first-order valence-electron chi connectivity index (χ1n) is 9.08. The number of nitrogens with zero attached hydrogens (tertiary/aromatic N) is 2. The minimum atomic E-state index is 0.669. The van der Waals surface area contributed by atoms with Crippen molar-refractivity contribution < 1.29 is 0 Å². The molecule has 0 aromatic carbocycles. The summed E-state index contributed by atoms with van der Waals surface area (Å²) < 4.78 is 2.25. The second-order valence-electron chi connectivity index (χ2n) is 7.06. The van der Waals surface area contributed by atoms with Crippen LogP contribution in [0.4, 0.5) is 0 Å². The Labute approximate surface area is 129 Å². The zero-order valence-electron chi connectivity index (χ0n) is 13.6. The molecule has 0 aliphatic heterocycles. The van der Waals surface area contributed by atoms with Crippen molar-refractivity contribution in [2.45, 2.75) is 82.7 Å². The minimum absolute atomic E-state index is 0.669. The average Bonchev–Trinajstić information content (AvgIpc) is 3.20. The van der Waals surface area contributed by atoms with Crippen LogP contribution in [-0.4, -0.2) is 22.9 Å². The lowest BCUT2D eigenvalue weighted by atomic mass is 9.94. The summed E-state index contributed by atoms with van der Waals surface area (Å²) in [6.45, 7) is 0. The van der Waals surface area contributed by atoms with Crippen molar-refractivity contribution in [3.8, 4) is 0 Å². The lowest BCUT2D eigenvalue weighted by Gasteiger charge is -2.23. The fraction of sp³-hybridized carbons (Fsp3) is 0.833. The van der Waals surface area contributed by atoms with Crippen LogP contribution in [0, 0.1) is 5.92 Å². The van der Waals surface area contributed by atoms with Gasteiger partial charge in [-0.3, -0.25) is 4.68 Å². The second kappa shape index (κ2) is 7.44. The third-order valence-electron chi connectivity index (χ3n) is 5.66. The average molecular weight is 289 g/mol. The van der Waals surface area contributed by atoms with Crippen molar-refractivity contribution in [3.63, 3.8) is 0 Å². The molecule has 0 spiro atoms. The topological polar surface area (TPSA) is 29.9 Å². The van der Waals surface area contributed by atoms with Gasteiger partial charge in [-0.05, 0) is 57.6 Å². The molecule has 1 heterocycles. The highest BCUT2D eigenvalue weighted by molar-refractivity contribution is 5.01. The minimum Gasteiger partial charge on any atom is -0.317 e. The van der Waals surface area contributed by atoms with Crippen molar-refractivity contribution in [1.29, 1.82) is 0 Å². The van der Waals surface area contributed by atoms with Crippen molar-refractivity contribution >= 4 is 0 Å². The molecule has 0 saturated heterocycles. The van der Waals surface area contributed by atoms with Crippen molar-refractivity contribution in [2.75, 3.05) is 7.05 Å². The maximum absolute atomic E-state index is 4.86. The van der Waals surface area contributed by atoms with Crippen LogP contribution in [0.5, 0.6) is 0 Å². The van der Waals surface area contributed by atoms with Gasteiger partial charge in [-0.25, -0.2) is 0 Å². The maximum Gasteiger partial charge on any atom is 0.0625 e. The van der Waals surface area contributed by atoms with Gasteiger partial charge in [0.05, 0.1) is 11.7 Å². The summed E-state index contributed by atoms with van der Waals surface area (Å²) in [4.78, 5) is 0. The highest BCUT2D eigenvalue weighted by atomic mass is 15.3. The zero-order chi connectivity index (χ0) is 14.5. The number of nitrogens with one attached hydrogen (secondary N) is 1. The standard InChI is InChI=1S/C18H31N3/c1-19-18(15-7-5-6-8-15)12-11-16-13-14-21(20-16)17-9-3-2-4-10-17/h13-15,17-19H,2-12H2,1H3. The summed E-state index contributed by atoms with van der Waals surface area (Å²) in [5, 5.41) is 8.41. The van der Waals surface area contributed by atoms with Gasteiger partial charge in [0.25, 0.3) is 0 Å². The fourth-order valence-corrected chi connectivity index (χ4v) is 4.34. The van der Waals surface area contributed by atoms with Gasteiger partial charge >= 0.3 is 0 Å². The molecule has 2 fully saturated rings. The molecule has 1 aromatic rings. The van der Waals surface area contributed by atoms with Gasteiger partial charge in [0.15, 0.2) is 0 Å². The number of aromatic nitrogens is 2. The molecule has 1 aromatic heterocycles. The van der Waals surface area contributed by atoms with Crippen molar-refractivity contribution in [2.24, 2.45) is 5.92 Å². The Hall–Kier alpha value is -0.830. The lowest BCUT2D eigenvalue weighted by Crippen LogP contribution is -2.32. The second-order valence-corrected chi connectivity index (χ2v) is 7.06. The summed E-state index contributed by atoms with van der Waals surface area (Å²) >= 11 is 0. The van der Waals surface area contributed by atoms with Gasteiger partial charge in [-0.15, -0.1) is 0 Å². The van der Waals surface area contributed by atoms with E-state index in [9.17, 15) is 0 Å². The van der Waals surface area contributed by atoms with Crippen LogP contribution in [-0.2, 0) is 6.42 Å². The van der Waals surface area contributed by atoms with Crippen LogP contribution in [0.2, 0.25) is 0 Å². The Kier molecular flexibility index (Phi) is 5.34. The smallest absolute Gasteiger partial charge is 0.0625 e. The van der Waals surface area contributed by atoms with E-state index in [1.165, 1.54) is 69.9 Å². The van der Waals surface area contributed by atoms with E-state index >= 15 is 0 Å². The van der Waals surface area contributed by atoms with E-state index in [1.54, 1.807) is 0 Å². The molecule has 21 heavy (non-hydrogen) atoms. The molecule has 0 bridgehead atoms. The molecule has 1 atom stereocenters. The van der Waals surface area contributed by atoms with E-state index in [4.69, 9.17) is 5.10 Å². The first-order chi connectivity index (χ1) is 10.4. The summed E-state index contributed by atoms with van der Waals surface area (Å²) in [5.74, 6) is 0.899. The molecule has 2 aliphatic rings. The quantitative estimate of drug-likeness (QED) is 0.854. The zero-order valence-corrected chi connectivity index (χ0v) is 13.6. The molecular formula is C18H31N3. The summed E-state index contributed by atoms with van der Waals surface area (Å²) in [5.41, 5.74) is 1.29. The first-order valence-corrected chi connectivity index (χ1v) is 9.08. The Morgan fingerprint density at radius 3 is 2.57 bits per heavy atom. The molecule has 0 amide bonds. The van der Waals surface area contributed by atoms with Gasteiger partial charge in [0.2, 0.25) is 0 Å². The molecule has 3 heteroatoms. The highest BCUT2D eigenvalue weighted by Gasteiger charge is 2.23. The SMILES string of the molecule is CNC(CCc1ccn(C2CCCCC2)n1)C1CCCC1. The lowest BCUT2D eigenvalue weighted by molar-refractivity contribution is 0.326. The molecule has 3 rings (SSSR count). The van der Waals surface area contributed by atoms with Crippen molar-refractivity contribution in [3.05, 3.63) is 18.0 Å². The van der Waals surface area contributed by atoms with Gasteiger partial charge in [-0.2, -0.15) is 5.10 Å². The summed E-state index contributed by atoms with van der Waals surface area (Å²) in [6.07, 6.45) is 17.1. The van der Waals surface area contributed by atoms with Gasteiger partial charge in [0.1, 0.15) is 0 Å². The Balaban J connectivity index is 1.51. The molecule has 0 radical (unpaired) electrons. The normalized spacial score (nSPS) is 22.7. The molecular weight excluding hydrogens is 258 g/mol. The molecule has 1 unspecified atom stereocenters. The fourth-order valence-electron chi connectivity index (χ4n) is 4.34. The van der Waals surface area contributed by atoms with Crippen LogP contribution in [0.15, 0.2) is 12.3 Å². The van der Waals surface area contributed by atoms with Crippen LogP contribution in [0.3, 0.4) is 0 Å². The number of hydrogen-bond acceptors (Lipinski definition) is 2. The van der Waals surface area contributed by atoms with E-state index in [-0.39, 0.29) is 0 Å². The van der Waals surface area contributed by atoms with Crippen LogP contribution >= 0.6 is 0 Å². The highest BCUT2D eigenvalue weighted by Crippen LogP contribution is 2.30. The number of rotatable bonds is 6. The predicted octanol–water partition coefficient (Wildman–Crippen LogP) is 4.10. The largest absolute Gasteiger partial charge is 0.317 e. The Morgan fingerprint density at radius 2 is 1.86 bits per heavy atom. The summed E-state index contributed by atoms with van der Waals surface area (Å²) in [7, 11) is 2.13. The third kappa shape index (κ3) is 3.88. The van der Waals surface area contributed by atoms with E-state index in [0.29, 0.717) is 12.1 Å².